The number of aryl methyl sites for hydroxylation is 2. The third-order valence-electron chi connectivity index (χ3n) is 2.45. The number of carboxylic acids is 1. The van der Waals surface area contributed by atoms with Crippen molar-refractivity contribution in [2.45, 2.75) is 32.8 Å². The summed E-state index contributed by atoms with van der Waals surface area (Å²) in [6.45, 7) is 4.61. The van der Waals surface area contributed by atoms with Gasteiger partial charge in [0.05, 0.1) is 17.6 Å². The first kappa shape index (κ1) is 14.2. The number of amides is 1. The quantitative estimate of drug-likeness (QED) is 0.724. The van der Waals surface area contributed by atoms with Crippen molar-refractivity contribution in [1.82, 2.24) is 5.32 Å². The number of carbonyl (C=O) groups is 2. The first-order chi connectivity index (χ1) is 8.21. The molecule has 0 spiro atoms. The van der Waals surface area contributed by atoms with Gasteiger partial charge < -0.3 is 19.9 Å². The average Bonchev–Trinajstić information content (AvgIpc) is 2.52. The number of rotatable bonds is 5. The minimum absolute atomic E-state index is 0.137. The molecule has 18 heavy (non-hydrogen) atoms. The highest BCUT2D eigenvalue weighted by Crippen LogP contribution is 2.14. The molecule has 1 rings (SSSR count). The third-order valence-corrected chi connectivity index (χ3v) is 2.45. The number of aliphatic carboxylic acids is 1. The van der Waals surface area contributed by atoms with Crippen LogP contribution in [-0.2, 0) is 4.79 Å². The molecule has 1 amide bonds. The number of carboxylic acid groups (broad SMARTS) is 1. The highest BCUT2D eigenvalue weighted by molar-refractivity contribution is 5.95. The highest BCUT2D eigenvalue weighted by atomic mass is 16.4. The zero-order valence-corrected chi connectivity index (χ0v) is 10.6. The zero-order valence-electron chi connectivity index (χ0n) is 10.6. The molecule has 3 N–H and O–H groups in total. The summed E-state index contributed by atoms with van der Waals surface area (Å²) < 4.78 is 5.21. The number of aliphatic hydroxyl groups is 1. The van der Waals surface area contributed by atoms with Crippen molar-refractivity contribution in [1.29, 1.82) is 0 Å². The van der Waals surface area contributed by atoms with Gasteiger partial charge in [0.2, 0.25) is 0 Å². The molecular formula is C12H17NO5. The van der Waals surface area contributed by atoms with Crippen molar-refractivity contribution in [2.75, 3.05) is 6.54 Å². The molecule has 1 atom stereocenters. The van der Waals surface area contributed by atoms with E-state index in [0.29, 0.717) is 17.1 Å². The zero-order chi connectivity index (χ0) is 13.9. The van der Waals surface area contributed by atoms with Crippen molar-refractivity contribution >= 4 is 11.9 Å². The van der Waals surface area contributed by atoms with Gasteiger partial charge in [-0.15, -0.1) is 0 Å². The Morgan fingerprint density at radius 3 is 2.50 bits per heavy atom. The Morgan fingerprint density at radius 2 is 2.06 bits per heavy atom. The first-order valence-corrected chi connectivity index (χ1v) is 5.51. The first-order valence-electron chi connectivity index (χ1n) is 5.51. The van der Waals surface area contributed by atoms with Crippen molar-refractivity contribution < 1.29 is 24.2 Å². The molecule has 0 aliphatic rings. The van der Waals surface area contributed by atoms with E-state index >= 15 is 0 Å². The molecule has 0 saturated carbocycles. The molecule has 1 aromatic rings. The third kappa shape index (κ3) is 3.89. The van der Waals surface area contributed by atoms with E-state index in [1.54, 1.807) is 19.9 Å². The fourth-order valence-corrected chi connectivity index (χ4v) is 1.61. The molecule has 0 fully saturated rings. The van der Waals surface area contributed by atoms with Gasteiger partial charge in [0, 0.05) is 6.54 Å². The lowest BCUT2D eigenvalue weighted by molar-refractivity contribution is -0.141. The van der Waals surface area contributed by atoms with Gasteiger partial charge in [-0.1, -0.05) is 0 Å². The lowest BCUT2D eigenvalue weighted by atomic mass is 10.0. The second-order valence-corrected chi connectivity index (χ2v) is 4.58. The predicted octanol–water partition coefficient (Wildman–Crippen LogP) is 0.852. The van der Waals surface area contributed by atoms with E-state index in [0.717, 1.165) is 0 Å². The maximum absolute atomic E-state index is 11.8. The average molecular weight is 255 g/mol. The summed E-state index contributed by atoms with van der Waals surface area (Å²) in [6.07, 6.45) is -0.434. The van der Waals surface area contributed by atoms with Gasteiger partial charge in [-0.25, -0.2) is 0 Å². The van der Waals surface area contributed by atoms with Crippen LogP contribution in [0, 0.1) is 13.8 Å². The van der Waals surface area contributed by atoms with Crippen molar-refractivity contribution in [3.63, 3.8) is 0 Å². The molecule has 1 heterocycles. The van der Waals surface area contributed by atoms with Crippen LogP contribution in [-0.4, -0.2) is 34.2 Å². The number of hydrogen-bond acceptors (Lipinski definition) is 4. The van der Waals surface area contributed by atoms with E-state index in [1.165, 1.54) is 6.92 Å². The van der Waals surface area contributed by atoms with E-state index in [9.17, 15) is 14.7 Å². The smallest absolute Gasteiger partial charge is 0.306 e. The summed E-state index contributed by atoms with van der Waals surface area (Å²) in [6, 6.07) is 1.59. The Hall–Kier alpha value is -1.82. The van der Waals surface area contributed by atoms with Crippen LogP contribution in [0.1, 0.15) is 35.2 Å². The summed E-state index contributed by atoms with van der Waals surface area (Å²) >= 11 is 0. The monoisotopic (exact) mass is 255 g/mol. The van der Waals surface area contributed by atoms with Gasteiger partial charge in [-0.05, 0) is 26.8 Å². The Labute approximate surface area is 105 Å². The van der Waals surface area contributed by atoms with Crippen LogP contribution in [0.5, 0.6) is 0 Å². The summed E-state index contributed by atoms with van der Waals surface area (Å²) in [5.74, 6) is -0.405. The Morgan fingerprint density at radius 1 is 1.44 bits per heavy atom. The van der Waals surface area contributed by atoms with Crippen molar-refractivity contribution in [3.8, 4) is 0 Å². The largest absolute Gasteiger partial charge is 0.481 e. The number of nitrogens with one attached hydrogen (secondary N) is 1. The standard InChI is InChI=1S/C12H17NO5/c1-7-4-9(8(2)18-7)11(16)13-6-12(3,17)5-10(14)15/h4,17H,5-6H2,1-3H3,(H,13,16)(H,14,15). The number of hydrogen-bond donors (Lipinski definition) is 3. The maximum Gasteiger partial charge on any atom is 0.306 e. The number of carbonyl (C=O) groups excluding carboxylic acids is 1. The van der Waals surface area contributed by atoms with Gasteiger partial charge in [0.15, 0.2) is 0 Å². The maximum atomic E-state index is 11.8. The molecular weight excluding hydrogens is 238 g/mol. The van der Waals surface area contributed by atoms with Crippen molar-refractivity contribution in [3.05, 3.63) is 23.2 Å². The van der Waals surface area contributed by atoms with Crippen LogP contribution in [0.3, 0.4) is 0 Å². The van der Waals surface area contributed by atoms with Gasteiger partial charge in [-0.2, -0.15) is 0 Å². The molecule has 1 unspecified atom stereocenters. The van der Waals surface area contributed by atoms with Gasteiger partial charge >= 0.3 is 5.97 Å². The number of furan rings is 1. The van der Waals surface area contributed by atoms with E-state index < -0.39 is 23.9 Å². The fourth-order valence-electron chi connectivity index (χ4n) is 1.61. The second kappa shape index (κ2) is 5.22. The van der Waals surface area contributed by atoms with Crippen LogP contribution in [0.15, 0.2) is 10.5 Å². The molecule has 0 bridgehead atoms. The lowest BCUT2D eigenvalue weighted by Gasteiger charge is -2.21. The highest BCUT2D eigenvalue weighted by Gasteiger charge is 2.25. The van der Waals surface area contributed by atoms with E-state index in [1.807, 2.05) is 0 Å². The summed E-state index contributed by atoms with van der Waals surface area (Å²) in [7, 11) is 0. The van der Waals surface area contributed by atoms with Crippen LogP contribution >= 0.6 is 0 Å². The lowest BCUT2D eigenvalue weighted by Crippen LogP contribution is -2.42. The molecule has 6 heteroatoms. The van der Waals surface area contributed by atoms with Crippen LogP contribution in [0.2, 0.25) is 0 Å². The van der Waals surface area contributed by atoms with Crippen LogP contribution in [0.25, 0.3) is 0 Å². The normalized spacial score (nSPS) is 14.0. The summed E-state index contributed by atoms with van der Waals surface area (Å²) in [5, 5.41) is 20.8. The Kier molecular flexibility index (Phi) is 4.13. The summed E-state index contributed by atoms with van der Waals surface area (Å²) in [4.78, 5) is 22.3. The molecule has 0 saturated heterocycles. The molecule has 0 aliphatic heterocycles. The molecule has 0 aliphatic carbocycles. The molecule has 6 nitrogen and oxygen atoms in total. The van der Waals surface area contributed by atoms with Crippen LogP contribution < -0.4 is 5.32 Å². The minimum Gasteiger partial charge on any atom is -0.481 e. The molecule has 100 valence electrons. The fraction of sp³-hybridized carbons (Fsp3) is 0.500. The molecule has 1 aromatic heterocycles. The van der Waals surface area contributed by atoms with Crippen molar-refractivity contribution in [2.24, 2.45) is 0 Å². The molecule has 0 aromatic carbocycles. The van der Waals surface area contributed by atoms with E-state index in [-0.39, 0.29) is 6.54 Å². The summed E-state index contributed by atoms with van der Waals surface area (Å²) in [5.41, 5.74) is -1.09. The second-order valence-electron chi connectivity index (χ2n) is 4.58. The SMILES string of the molecule is Cc1cc(C(=O)NCC(C)(O)CC(=O)O)c(C)o1. The van der Waals surface area contributed by atoms with Gasteiger partial charge in [-0.3, -0.25) is 9.59 Å². The van der Waals surface area contributed by atoms with Crippen LogP contribution in [0.4, 0.5) is 0 Å². The Balaban J connectivity index is 2.61. The topological polar surface area (TPSA) is 99.8 Å². The van der Waals surface area contributed by atoms with Gasteiger partial charge in [0.25, 0.3) is 5.91 Å². The van der Waals surface area contributed by atoms with Gasteiger partial charge in [0.1, 0.15) is 11.5 Å². The van der Waals surface area contributed by atoms with E-state index in [2.05, 4.69) is 5.32 Å². The predicted molar refractivity (Wildman–Crippen MR) is 63.4 cm³/mol. The van der Waals surface area contributed by atoms with E-state index in [4.69, 9.17) is 9.52 Å². The Bertz CT molecular complexity index is 461. The molecule has 0 radical (unpaired) electrons. The minimum atomic E-state index is -1.48.